The maximum absolute atomic E-state index is 11.9. The minimum absolute atomic E-state index is 0.106. The van der Waals surface area contributed by atoms with Crippen LogP contribution in [0.2, 0.25) is 0 Å². The molecule has 0 aromatic heterocycles. The Labute approximate surface area is 119 Å². The van der Waals surface area contributed by atoms with Gasteiger partial charge >= 0.3 is 0 Å². The highest BCUT2D eigenvalue weighted by molar-refractivity contribution is 7.89. The smallest absolute Gasteiger partial charge is 0.247 e. The van der Waals surface area contributed by atoms with Crippen LogP contribution in [0.4, 0.5) is 5.69 Å². The summed E-state index contributed by atoms with van der Waals surface area (Å²) in [6.07, 6.45) is 1.82. The van der Waals surface area contributed by atoms with Gasteiger partial charge in [0.25, 0.3) is 0 Å². The lowest BCUT2D eigenvalue weighted by Gasteiger charge is -2.29. The number of rotatable bonds is 4. The van der Waals surface area contributed by atoms with Gasteiger partial charge in [0.05, 0.1) is 5.75 Å². The Kier molecular flexibility index (Phi) is 4.25. The number of nitrogens with zero attached hydrogens (tertiary/aromatic N) is 1. The van der Waals surface area contributed by atoms with Crippen molar-refractivity contribution in [3.63, 3.8) is 0 Å². The van der Waals surface area contributed by atoms with Crippen molar-refractivity contribution >= 4 is 21.6 Å². The van der Waals surface area contributed by atoms with E-state index in [9.17, 15) is 13.2 Å². The number of nitrogens with one attached hydrogen (secondary N) is 1. The highest BCUT2D eigenvalue weighted by Crippen LogP contribution is 2.27. The highest BCUT2D eigenvalue weighted by Gasteiger charge is 2.26. The summed E-state index contributed by atoms with van der Waals surface area (Å²) in [6.45, 7) is 5.88. The third-order valence-electron chi connectivity index (χ3n) is 3.43. The molecule has 108 valence electrons. The van der Waals surface area contributed by atoms with Crippen LogP contribution in [0, 0.1) is 0 Å². The molecule has 20 heavy (non-hydrogen) atoms. The molecular formula is C14H18N2O3S. The zero-order valence-corrected chi connectivity index (χ0v) is 12.2. The molecular weight excluding hydrogens is 276 g/mol. The lowest BCUT2D eigenvalue weighted by atomic mass is 9.99. The summed E-state index contributed by atoms with van der Waals surface area (Å²) in [4.78, 5) is 11.4. The quantitative estimate of drug-likeness (QED) is 0.856. The SMILES string of the molecule is C=CC(=O)Nc1cccc2c1CCN(S(=O)(=O)CC)C2. The predicted molar refractivity (Wildman–Crippen MR) is 78.8 cm³/mol. The second-order valence-electron chi connectivity index (χ2n) is 4.62. The van der Waals surface area contributed by atoms with E-state index >= 15 is 0 Å². The maximum atomic E-state index is 11.9. The molecule has 0 radical (unpaired) electrons. The first-order valence-corrected chi connectivity index (χ1v) is 8.11. The number of hydrogen-bond acceptors (Lipinski definition) is 3. The van der Waals surface area contributed by atoms with Gasteiger partial charge in [-0.25, -0.2) is 8.42 Å². The van der Waals surface area contributed by atoms with Crippen molar-refractivity contribution in [1.29, 1.82) is 0 Å². The number of anilines is 1. The van der Waals surface area contributed by atoms with Crippen LogP contribution >= 0.6 is 0 Å². The van der Waals surface area contributed by atoms with Crippen molar-refractivity contribution in [3.8, 4) is 0 Å². The van der Waals surface area contributed by atoms with Gasteiger partial charge in [-0.2, -0.15) is 4.31 Å². The molecule has 1 amide bonds. The summed E-state index contributed by atoms with van der Waals surface area (Å²) in [6, 6.07) is 5.54. The lowest BCUT2D eigenvalue weighted by Crippen LogP contribution is -2.37. The molecule has 0 saturated heterocycles. The van der Waals surface area contributed by atoms with E-state index in [1.54, 1.807) is 6.92 Å². The van der Waals surface area contributed by atoms with Crippen LogP contribution in [-0.4, -0.2) is 30.9 Å². The third-order valence-corrected chi connectivity index (χ3v) is 5.26. The van der Waals surface area contributed by atoms with Gasteiger partial charge in [0.1, 0.15) is 0 Å². The van der Waals surface area contributed by atoms with Crippen molar-refractivity contribution in [3.05, 3.63) is 42.0 Å². The molecule has 1 heterocycles. The number of fused-ring (bicyclic) bond motifs is 1. The minimum Gasteiger partial charge on any atom is -0.322 e. The number of carbonyl (C=O) groups is 1. The molecule has 0 atom stereocenters. The summed E-state index contributed by atoms with van der Waals surface area (Å²) in [5.41, 5.74) is 2.68. The van der Waals surface area contributed by atoms with Crippen LogP contribution in [-0.2, 0) is 27.8 Å². The van der Waals surface area contributed by atoms with Gasteiger partial charge in [-0.1, -0.05) is 18.7 Å². The van der Waals surface area contributed by atoms with E-state index in [0.717, 1.165) is 16.8 Å². The van der Waals surface area contributed by atoms with Crippen LogP contribution in [0.15, 0.2) is 30.9 Å². The maximum Gasteiger partial charge on any atom is 0.247 e. The number of hydrogen-bond donors (Lipinski definition) is 1. The van der Waals surface area contributed by atoms with Crippen molar-refractivity contribution in [2.24, 2.45) is 0 Å². The van der Waals surface area contributed by atoms with Gasteiger partial charge in [0.2, 0.25) is 15.9 Å². The van der Waals surface area contributed by atoms with Gasteiger partial charge in [0.15, 0.2) is 0 Å². The summed E-state index contributed by atoms with van der Waals surface area (Å²) in [5, 5.41) is 2.76. The number of amides is 1. The fourth-order valence-electron chi connectivity index (χ4n) is 2.30. The Morgan fingerprint density at radius 2 is 2.25 bits per heavy atom. The Bertz CT molecular complexity index is 638. The van der Waals surface area contributed by atoms with Gasteiger partial charge in [0, 0.05) is 18.8 Å². The van der Waals surface area contributed by atoms with E-state index in [1.807, 2.05) is 18.2 Å². The summed E-state index contributed by atoms with van der Waals surface area (Å²) in [7, 11) is -3.17. The van der Waals surface area contributed by atoms with Gasteiger partial charge in [-0.15, -0.1) is 0 Å². The number of benzene rings is 1. The molecule has 0 aliphatic carbocycles. The normalized spacial score (nSPS) is 15.4. The molecule has 1 aromatic carbocycles. The van der Waals surface area contributed by atoms with Crippen molar-refractivity contribution in [1.82, 2.24) is 4.31 Å². The minimum atomic E-state index is -3.17. The molecule has 1 aromatic rings. The molecule has 6 heteroatoms. The Morgan fingerprint density at radius 1 is 1.50 bits per heavy atom. The molecule has 1 aliphatic rings. The Morgan fingerprint density at radius 3 is 2.90 bits per heavy atom. The largest absolute Gasteiger partial charge is 0.322 e. The first-order chi connectivity index (χ1) is 9.47. The van der Waals surface area contributed by atoms with E-state index < -0.39 is 10.0 Å². The lowest BCUT2D eigenvalue weighted by molar-refractivity contribution is -0.111. The topological polar surface area (TPSA) is 66.5 Å². The molecule has 0 spiro atoms. The second kappa shape index (κ2) is 5.76. The van der Waals surface area contributed by atoms with Crippen LogP contribution in [0.25, 0.3) is 0 Å². The van der Waals surface area contributed by atoms with Crippen LogP contribution in [0.1, 0.15) is 18.1 Å². The van der Waals surface area contributed by atoms with Gasteiger partial charge < -0.3 is 5.32 Å². The number of carbonyl (C=O) groups excluding carboxylic acids is 1. The average molecular weight is 294 g/mol. The molecule has 5 nitrogen and oxygen atoms in total. The number of sulfonamides is 1. The molecule has 0 fully saturated rings. The molecule has 0 unspecified atom stereocenters. The van der Waals surface area contributed by atoms with Crippen LogP contribution in [0.5, 0.6) is 0 Å². The highest BCUT2D eigenvalue weighted by atomic mass is 32.2. The van der Waals surface area contributed by atoms with Gasteiger partial charge in [-0.05, 0) is 36.6 Å². The van der Waals surface area contributed by atoms with E-state index in [4.69, 9.17) is 0 Å². The van der Waals surface area contributed by atoms with E-state index in [-0.39, 0.29) is 11.7 Å². The molecule has 0 saturated carbocycles. The van der Waals surface area contributed by atoms with E-state index in [0.29, 0.717) is 19.5 Å². The first kappa shape index (κ1) is 14.7. The van der Waals surface area contributed by atoms with Crippen molar-refractivity contribution in [2.75, 3.05) is 17.6 Å². The Balaban J connectivity index is 2.29. The molecule has 2 rings (SSSR count). The average Bonchev–Trinajstić information content (AvgIpc) is 2.46. The van der Waals surface area contributed by atoms with Crippen LogP contribution in [0.3, 0.4) is 0 Å². The molecule has 1 N–H and O–H groups in total. The zero-order valence-electron chi connectivity index (χ0n) is 11.4. The summed E-state index contributed by atoms with van der Waals surface area (Å²) < 4.78 is 25.3. The van der Waals surface area contributed by atoms with Crippen molar-refractivity contribution in [2.45, 2.75) is 19.9 Å². The van der Waals surface area contributed by atoms with Crippen LogP contribution < -0.4 is 5.32 Å². The fourth-order valence-corrected chi connectivity index (χ4v) is 3.37. The molecule has 1 aliphatic heterocycles. The monoisotopic (exact) mass is 294 g/mol. The second-order valence-corrected chi connectivity index (χ2v) is 6.88. The first-order valence-electron chi connectivity index (χ1n) is 6.50. The van der Waals surface area contributed by atoms with Crippen molar-refractivity contribution < 1.29 is 13.2 Å². The molecule has 0 bridgehead atoms. The summed E-state index contributed by atoms with van der Waals surface area (Å²) in [5.74, 6) is -0.156. The predicted octanol–water partition coefficient (Wildman–Crippen LogP) is 1.52. The fraction of sp³-hybridized carbons (Fsp3) is 0.357. The van der Waals surface area contributed by atoms with E-state index in [2.05, 4.69) is 11.9 Å². The zero-order chi connectivity index (χ0) is 14.8. The third kappa shape index (κ3) is 2.91. The Hall–Kier alpha value is -1.66. The van der Waals surface area contributed by atoms with Gasteiger partial charge in [-0.3, -0.25) is 4.79 Å². The standard InChI is InChI=1S/C14H18N2O3S/c1-3-14(17)15-13-7-5-6-11-10-16(9-8-12(11)13)20(18,19)4-2/h3,5-7H,1,4,8-10H2,2H3,(H,15,17). The van der Waals surface area contributed by atoms with E-state index in [1.165, 1.54) is 10.4 Å². The summed E-state index contributed by atoms with van der Waals surface area (Å²) >= 11 is 0.